The first-order valence-corrected chi connectivity index (χ1v) is 6.65. The van der Waals surface area contributed by atoms with Gasteiger partial charge in [-0.05, 0) is 19.9 Å². The predicted molar refractivity (Wildman–Crippen MR) is 71.9 cm³/mol. The van der Waals surface area contributed by atoms with Crippen LogP contribution in [0.2, 0.25) is 0 Å². The minimum absolute atomic E-state index is 0.146. The molecule has 2 rings (SSSR count). The highest BCUT2D eigenvalue weighted by molar-refractivity contribution is 5.75. The maximum Gasteiger partial charge on any atom is 0.323 e. The zero-order chi connectivity index (χ0) is 13.7. The SMILES string of the molecule is CCOC(=O)C(C)N1CCN(c2ncccn2)CC1. The lowest BCUT2D eigenvalue weighted by Gasteiger charge is -2.36. The van der Waals surface area contributed by atoms with Gasteiger partial charge in [-0.25, -0.2) is 9.97 Å². The van der Waals surface area contributed by atoms with Gasteiger partial charge in [-0.15, -0.1) is 0 Å². The van der Waals surface area contributed by atoms with Crippen molar-refractivity contribution in [3.63, 3.8) is 0 Å². The molecule has 1 unspecified atom stereocenters. The normalized spacial score (nSPS) is 18.1. The summed E-state index contributed by atoms with van der Waals surface area (Å²) >= 11 is 0. The summed E-state index contributed by atoms with van der Waals surface area (Å²) in [7, 11) is 0. The van der Waals surface area contributed by atoms with Crippen molar-refractivity contribution < 1.29 is 9.53 Å². The van der Waals surface area contributed by atoms with Gasteiger partial charge in [0.1, 0.15) is 6.04 Å². The molecule has 0 amide bonds. The lowest BCUT2D eigenvalue weighted by molar-refractivity contribution is -0.149. The summed E-state index contributed by atoms with van der Waals surface area (Å²) in [4.78, 5) is 24.4. The van der Waals surface area contributed by atoms with Gasteiger partial charge in [-0.2, -0.15) is 0 Å². The molecule has 0 saturated carbocycles. The Morgan fingerprint density at radius 1 is 1.32 bits per heavy atom. The summed E-state index contributed by atoms with van der Waals surface area (Å²) in [5, 5.41) is 0. The fourth-order valence-electron chi connectivity index (χ4n) is 2.18. The molecular formula is C13H20N4O2. The first-order chi connectivity index (χ1) is 9.22. The molecule has 104 valence electrons. The predicted octanol–water partition coefficient (Wildman–Crippen LogP) is 0.550. The number of anilines is 1. The zero-order valence-electron chi connectivity index (χ0n) is 11.5. The average Bonchev–Trinajstić information content (AvgIpc) is 2.48. The second-order valence-electron chi connectivity index (χ2n) is 4.50. The van der Waals surface area contributed by atoms with Gasteiger partial charge >= 0.3 is 5.97 Å². The lowest BCUT2D eigenvalue weighted by Crippen LogP contribution is -2.52. The summed E-state index contributed by atoms with van der Waals surface area (Å²) in [6.45, 7) is 7.45. The highest BCUT2D eigenvalue weighted by Crippen LogP contribution is 2.12. The van der Waals surface area contributed by atoms with Crippen LogP contribution in [0.5, 0.6) is 0 Å². The molecule has 0 N–H and O–H groups in total. The minimum Gasteiger partial charge on any atom is -0.465 e. The lowest BCUT2D eigenvalue weighted by atomic mass is 10.2. The molecule has 19 heavy (non-hydrogen) atoms. The fraction of sp³-hybridized carbons (Fsp3) is 0.615. The van der Waals surface area contributed by atoms with E-state index in [1.54, 1.807) is 12.4 Å². The smallest absolute Gasteiger partial charge is 0.323 e. The zero-order valence-corrected chi connectivity index (χ0v) is 11.5. The van der Waals surface area contributed by atoms with Gasteiger partial charge in [0, 0.05) is 38.6 Å². The maximum atomic E-state index is 11.7. The summed E-state index contributed by atoms with van der Waals surface area (Å²) in [5.74, 6) is 0.609. The molecule has 1 aliphatic rings. The first-order valence-electron chi connectivity index (χ1n) is 6.65. The first kappa shape index (κ1) is 13.7. The maximum absolute atomic E-state index is 11.7. The molecule has 2 heterocycles. The van der Waals surface area contributed by atoms with Crippen molar-refractivity contribution in [1.82, 2.24) is 14.9 Å². The third-order valence-corrected chi connectivity index (χ3v) is 3.32. The monoisotopic (exact) mass is 264 g/mol. The van der Waals surface area contributed by atoms with Crippen LogP contribution in [0.1, 0.15) is 13.8 Å². The minimum atomic E-state index is -0.182. The van der Waals surface area contributed by atoms with Crippen molar-refractivity contribution in [3.05, 3.63) is 18.5 Å². The van der Waals surface area contributed by atoms with Gasteiger partial charge in [0.05, 0.1) is 6.61 Å². The van der Waals surface area contributed by atoms with Crippen LogP contribution in [0.4, 0.5) is 5.95 Å². The van der Waals surface area contributed by atoms with Gasteiger partial charge < -0.3 is 9.64 Å². The van der Waals surface area contributed by atoms with Crippen molar-refractivity contribution in [2.24, 2.45) is 0 Å². The third kappa shape index (κ3) is 3.41. The van der Waals surface area contributed by atoms with Crippen LogP contribution >= 0.6 is 0 Å². The molecule has 6 nitrogen and oxygen atoms in total. The van der Waals surface area contributed by atoms with E-state index in [4.69, 9.17) is 4.74 Å². The Morgan fingerprint density at radius 2 is 1.95 bits per heavy atom. The summed E-state index contributed by atoms with van der Waals surface area (Å²) in [6, 6.07) is 1.63. The Kier molecular flexibility index (Phi) is 4.68. The van der Waals surface area contributed by atoms with Gasteiger partial charge in [-0.1, -0.05) is 0 Å². The molecule has 1 saturated heterocycles. The molecule has 1 atom stereocenters. The summed E-state index contributed by atoms with van der Waals surface area (Å²) in [6.07, 6.45) is 3.49. The molecule has 0 aliphatic carbocycles. The van der Waals surface area contributed by atoms with E-state index in [1.165, 1.54) is 0 Å². The quantitative estimate of drug-likeness (QED) is 0.740. The number of rotatable bonds is 4. The van der Waals surface area contributed by atoms with Gasteiger partial charge in [0.2, 0.25) is 5.95 Å². The van der Waals surface area contributed by atoms with Crippen LogP contribution in [0.3, 0.4) is 0 Å². The number of carbonyl (C=O) groups excluding carboxylic acids is 1. The molecule has 1 aromatic heterocycles. The van der Waals surface area contributed by atoms with Crippen molar-refractivity contribution >= 4 is 11.9 Å². The Hall–Kier alpha value is -1.69. The highest BCUT2D eigenvalue weighted by Gasteiger charge is 2.26. The second-order valence-corrected chi connectivity index (χ2v) is 4.50. The van der Waals surface area contributed by atoms with E-state index in [0.717, 1.165) is 32.1 Å². The molecule has 1 aliphatic heterocycles. The number of esters is 1. The summed E-state index contributed by atoms with van der Waals surface area (Å²) < 4.78 is 5.05. The molecule has 0 aromatic carbocycles. The van der Waals surface area contributed by atoms with Crippen molar-refractivity contribution in [2.75, 3.05) is 37.7 Å². The number of aromatic nitrogens is 2. The van der Waals surface area contributed by atoms with E-state index in [1.807, 2.05) is 19.9 Å². The highest BCUT2D eigenvalue weighted by atomic mass is 16.5. The molecule has 0 radical (unpaired) electrons. The molecule has 1 aromatic rings. The van der Waals surface area contributed by atoms with Gasteiger partial charge in [-0.3, -0.25) is 9.69 Å². The van der Waals surface area contributed by atoms with Crippen molar-refractivity contribution in [2.45, 2.75) is 19.9 Å². The molecule has 0 bridgehead atoms. The van der Waals surface area contributed by atoms with Crippen LogP contribution in [0.15, 0.2) is 18.5 Å². The van der Waals surface area contributed by atoms with Crippen molar-refractivity contribution in [3.8, 4) is 0 Å². The Bertz CT molecular complexity index is 404. The van der Waals surface area contributed by atoms with Crippen LogP contribution in [0.25, 0.3) is 0 Å². The number of hydrogen-bond donors (Lipinski definition) is 0. The molecule has 6 heteroatoms. The Labute approximate surface area is 113 Å². The van der Waals surface area contributed by atoms with Crippen molar-refractivity contribution in [1.29, 1.82) is 0 Å². The van der Waals surface area contributed by atoms with E-state index in [0.29, 0.717) is 6.61 Å². The van der Waals surface area contributed by atoms with E-state index in [-0.39, 0.29) is 12.0 Å². The number of carbonyl (C=O) groups is 1. The van der Waals surface area contributed by atoms with Crippen LogP contribution < -0.4 is 4.90 Å². The number of piperazine rings is 1. The standard InChI is InChI=1S/C13H20N4O2/c1-3-19-12(18)11(2)16-7-9-17(10-8-16)13-14-5-4-6-15-13/h4-6,11H,3,7-10H2,1-2H3. The van der Waals surface area contributed by atoms with Crippen LogP contribution in [-0.2, 0) is 9.53 Å². The topological polar surface area (TPSA) is 58.6 Å². The third-order valence-electron chi connectivity index (χ3n) is 3.32. The number of ether oxygens (including phenoxy) is 1. The van der Waals surface area contributed by atoms with Crippen LogP contribution in [0, 0.1) is 0 Å². The Balaban J connectivity index is 1.87. The molecule has 0 spiro atoms. The van der Waals surface area contributed by atoms with Gasteiger partial charge in [0.25, 0.3) is 0 Å². The van der Waals surface area contributed by atoms with Crippen LogP contribution in [-0.4, -0.2) is 59.7 Å². The summed E-state index contributed by atoms with van der Waals surface area (Å²) in [5.41, 5.74) is 0. The second kappa shape index (κ2) is 6.47. The van der Waals surface area contributed by atoms with E-state index in [9.17, 15) is 4.79 Å². The molecule has 1 fully saturated rings. The largest absolute Gasteiger partial charge is 0.465 e. The van der Waals surface area contributed by atoms with E-state index in [2.05, 4.69) is 19.8 Å². The van der Waals surface area contributed by atoms with E-state index < -0.39 is 0 Å². The number of hydrogen-bond acceptors (Lipinski definition) is 6. The van der Waals surface area contributed by atoms with Gasteiger partial charge in [0.15, 0.2) is 0 Å². The fourth-order valence-corrected chi connectivity index (χ4v) is 2.18. The van der Waals surface area contributed by atoms with E-state index >= 15 is 0 Å². The molecular weight excluding hydrogens is 244 g/mol. The average molecular weight is 264 g/mol. The number of nitrogens with zero attached hydrogens (tertiary/aromatic N) is 4. The Morgan fingerprint density at radius 3 is 2.53 bits per heavy atom.